The molecule has 0 atom stereocenters. The molecule has 1 aliphatic rings. The molecule has 0 aliphatic carbocycles. The van der Waals surface area contributed by atoms with Gasteiger partial charge >= 0.3 is 0 Å². The Balaban J connectivity index is 1.72. The highest BCUT2D eigenvalue weighted by molar-refractivity contribution is 8.03. The summed E-state index contributed by atoms with van der Waals surface area (Å²) in [7, 11) is 0. The third-order valence-electron chi connectivity index (χ3n) is 5.16. The molecule has 0 unspecified atom stereocenters. The topological polar surface area (TPSA) is 93.7 Å². The van der Waals surface area contributed by atoms with Gasteiger partial charge in [0.25, 0.3) is 17.5 Å². The SMILES string of the molecule is CC(C)c1ccc(N2C(=O)C(SCc3ccco3)=C(c3ccc([N+](=O)[O-])cc3)C2=O)cc1. The van der Waals surface area contributed by atoms with Crippen molar-refractivity contribution in [3.05, 3.63) is 98.8 Å². The molecule has 2 aromatic carbocycles. The quantitative estimate of drug-likeness (QED) is 0.268. The van der Waals surface area contributed by atoms with Gasteiger partial charge in [0.2, 0.25) is 0 Å². The van der Waals surface area contributed by atoms with E-state index in [1.54, 1.807) is 30.5 Å². The van der Waals surface area contributed by atoms with Gasteiger partial charge in [-0.25, -0.2) is 4.90 Å². The molecule has 0 saturated carbocycles. The van der Waals surface area contributed by atoms with Crippen LogP contribution in [0.1, 0.15) is 36.7 Å². The van der Waals surface area contributed by atoms with E-state index in [9.17, 15) is 19.7 Å². The monoisotopic (exact) mass is 448 g/mol. The van der Waals surface area contributed by atoms with Crippen molar-refractivity contribution in [2.75, 3.05) is 4.90 Å². The fourth-order valence-corrected chi connectivity index (χ4v) is 4.44. The van der Waals surface area contributed by atoms with E-state index in [2.05, 4.69) is 13.8 Å². The molecular formula is C24H20N2O5S. The maximum atomic E-state index is 13.4. The van der Waals surface area contributed by atoms with Crippen molar-refractivity contribution in [3.63, 3.8) is 0 Å². The summed E-state index contributed by atoms with van der Waals surface area (Å²) in [5.41, 5.74) is 2.19. The lowest BCUT2D eigenvalue weighted by molar-refractivity contribution is -0.384. The van der Waals surface area contributed by atoms with E-state index < -0.39 is 16.7 Å². The van der Waals surface area contributed by atoms with Gasteiger partial charge in [-0.05, 0) is 53.4 Å². The number of furan rings is 1. The first-order chi connectivity index (χ1) is 15.4. The number of thioether (sulfide) groups is 1. The molecule has 4 rings (SSSR count). The predicted molar refractivity (Wildman–Crippen MR) is 123 cm³/mol. The van der Waals surface area contributed by atoms with E-state index in [4.69, 9.17) is 4.42 Å². The lowest BCUT2D eigenvalue weighted by Crippen LogP contribution is -2.31. The van der Waals surface area contributed by atoms with Crippen LogP contribution in [-0.2, 0) is 15.3 Å². The Hall–Kier alpha value is -3.65. The third-order valence-corrected chi connectivity index (χ3v) is 6.26. The smallest absolute Gasteiger partial charge is 0.272 e. The molecule has 7 nitrogen and oxygen atoms in total. The molecule has 0 fully saturated rings. The van der Waals surface area contributed by atoms with Gasteiger partial charge in [0.05, 0.1) is 33.1 Å². The number of carbonyl (C=O) groups is 2. The summed E-state index contributed by atoms with van der Waals surface area (Å²) in [6.07, 6.45) is 1.55. The van der Waals surface area contributed by atoms with Gasteiger partial charge in [0, 0.05) is 12.1 Å². The van der Waals surface area contributed by atoms with Gasteiger partial charge in [0.1, 0.15) is 5.76 Å². The van der Waals surface area contributed by atoms with Crippen LogP contribution in [0.5, 0.6) is 0 Å². The largest absolute Gasteiger partial charge is 0.468 e. The van der Waals surface area contributed by atoms with Crippen LogP contribution in [0, 0.1) is 10.1 Å². The fourth-order valence-electron chi connectivity index (χ4n) is 3.43. The van der Waals surface area contributed by atoms with E-state index in [0.717, 1.165) is 10.5 Å². The molecule has 2 amide bonds. The minimum atomic E-state index is -0.505. The van der Waals surface area contributed by atoms with Crippen LogP contribution in [0.4, 0.5) is 11.4 Å². The number of nitrogens with zero attached hydrogens (tertiary/aromatic N) is 2. The first-order valence-electron chi connectivity index (χ1n) is 10.00. The number of imide groups is 1. The highest BCUT2D eigenvalue weighted by Crippen LogP contribution is 2.40. The summed E-state index contributed by atoms with van der Waals surface area (Å²) in [6, 6.07) is 16.5. The molecule has 2 heterocycles. The number of benzene rings is 2. The van der Waals surface area contributed by atoms with Crippen LogP contribution < -0.4 is 4.90 Å². The highest BCUT2D eigenvalue weighted by atomic mass is 32.2. The Kier molecular flexibility index (Phi) is 5.96. The molecule has 0 N–H and O–H groups in total. The molecule has 0 saturated heterocycles. The Morgan fingerprint density at radius 2 is 1.69 bits per heavy atom. The van der Waals surface area contributed by atoms with E-state index in [-0.39, 0.29) is 16.2 Å². The van der Waals surface area contributed by atoms with Gasteiger partial charge in [-0.3, -0.25) is 19.7 Å². The van der Waals surface area contributed by atoms with Crippen molar-refractivity contribution in [1.29, 1.82) is 0 Å². The first kappa shape index (κ1) is 21.6. The maximum Gasteiger partial charge on any atom is 0.272 e. The Morgan fingerprint density at radius 1 is 1.00 bits per heavy atom. The second-order valence-corrected chi connectivity index (χ2v) is 8.55. The molecule has 32 heavy (non-hydrogen) atoms. The van der Waals surface area contributed by atoms with E-state index in [1.807, 2.05) is 12.1 Å². The number of hydrogen-bond donors (Lipinski definition) is 0. The van der Waals surface area contributed by atoms with Crippen LogP contribution >= 0.6 is 11.8 Å². The van der Waals surface area contributed by atoms with Gasteiger partial charge in [-0.2, -0.15) is 0 Å². The average Bonchev–Trinajstić information content (AvgIpc) is 3.38. The minimum Gasteiger partial charge on any atom is -0.468 e. The lowest BCUT2D eigenvalue weighted by Gasteiger charge is -2.16. The van der Waals surface area contributed by atoms with Gasteiger partial charge in [-0.15, -0.1) is 11.8 Å². The number of nitro groups is 1. The first-order valence-corrected chi connectivity index (χ1v) is 11.0. The highest BCUT2D eigenvalue weighted by Gasteiger charge is 2.40. The van der Waals surface area contributed by atoms with E-state index in [0.29, 0.717) is 28.7 Å². The van der Waals surface area contributed by atoms with Gasteiger partial charge < -0.3 is 4.42 Å². The van der Waals surface area contributed by atoms with Gasteiger partial charge in [-0.1, -0.05) is 26.0 Å². The molecule has 0 radical (unpaired) electrons. The minimum absolute atomic E-state index is 0.0861. The molecule has 8 heteroatoms. The van der Waals surface area contributed by atoms with Crippen LogP contribution in [0.3, 0.4) is 0 Å². The summed E-state index contributed by atoms with van der Waals surface area (Å²) >= 11 is 1.21. The number of rotatable bonds is 7. The van der Waals surface area contributed by atoms with Crippen LogP contribution in [0.25, 0.3) is 5.57 Å². The van der Waals surface area contributed by atoms with Crippen LogP contribution in [0.2, 0.25) is 0 Å². The fraction of sp³-hybridized carbons (Fsp3) is 0.167. The zero-order valence-electron chi connectivity index (χ0n) is 17.5. The molecule has 0 spiro atoms. The standard InChI is InChI=1S/C24H20N2O5S/c1-15(2)16-5-9-18(10-6-16)25-23(27)21(17-7-11-19(12-8-17)26(29)30)22(24(25)28)32-14-20-4-3-13-31-20/h3-13,15H,14H2,1-2H3. The molecule has 1 aliphatic heterocycles. The predicted octanol–water partition coefficient (Wildman–Crippen LogP) is 5.53. The molecule has 0 bridgehead atoms. The molecular weight excluding hydrogens is 428 g/mol. The summed E-state index contributed by atoms with van der Waals surface area (Å²) in [5.74, 6) is 0.492. The molecule has 3 aromatic rings. The van der Waals surface area contributed by atoms with E-state index in [1.165, 1.54) is 36.0 Å². The lowest BCUT2D eigenvalue weighted by atomic mass is 10.0. The Morgan fingerprint density at radius 3 is 2.25 bits per heavy atom. The normalized spacial score (nSPS) is 14.0. The summed E-state index contributed by atoms with van der Waals surface area (Å²) in [6.45, 7) is 4.14. The number of nitro benzene ring substituents is 1. The number of amides is 2. The number of carbonyl (C=O) groups excluding carboxylic acids is 2. The van der Waals surface area contributed by atoms with Crippen molar-refractivity contribution in [2.45, 2.75) is 25.5 Å². The van der Waals surface area contributed by atoms with Crippen molar-refractivity contribution >= 4 is 40.5 Å². The second kappa shape index (κ2) is 8.84. The zero-order valence-corrected chi connectivity index (χ0v) is 18.3. The summed E-state index contributed by atoms with van der Waals surface area (Å²) in [4.78, 5) is 38.7. The van der Waals surface area contributed by atoms with Crippen molar-refractivity contribution in [1.82, 2.24) is 0 Å². The summed E-state index contributed by atoms with van der Waals surface area (Å²) in [5, 5.41) is 11.0. The van der Waals surface area contributed by atoms with Crippen molar-refractivity contribution < 1.29 is 18.9 Å². The number of anilines is 1. The number of hydrogen-bond acceptors (Lipinski definition) is 6. The number of non-ortho nitro benzene ring substituents is 1. The van der Waals surface area contributed by atoms with Crippen molar-refractivity contribution in [2.24, 2.45) is 0 Å². The molecule has 162 valence electrons. The second-order valence-electron chi connectivity index (χ2n) is 7.57. The average molecular weight is 449 g/mol. The third kappa shape index (κ3) is 4.09. The Labute approximate surface area is 188 Å². The summed E-state index contributed by atoms with van der Waals surface area (Å²) < 4.78 is 5.36. The van der Waals surface area contributed by atoms with Crippen LogP contribution in [-0.4, -0.2) is 16.7 Å². The zero-order chi connectivity index (χ0) is 22.8. The van der Waals surface area contributed by atoms with E-state index >= 15 is 0 Å². The Bertz CT molecular complexity index is 1200. The van der Waals surface area contributed by atoms with Crippen molar-refractivity contribution in [3.8, 4) is 0 Å². The maximum absolute atomic E-state index is 13.4. The van der Waals surface area contributed by atoms with Gasteiger partial charge in [0.15, 0.2) is 0 Å². The van der Waals surface area contributed by atoms with Crippen LogP contribution in [0.15, 0.2) is 76.2 Å². The molecule has 1 aromatic heterocycles.